The summed E-state index contributed by atoms with van der Waals surface area (Å²) >= 11 is 0. The van der Waals surface area contributed by atoms with Crippen LogP contribution in [-0.2, 0) is 19.6 Å². The molecule has 1 aliphatic rings. The van der Waals surface area contributed by atoms with E-state index in [0.29, 0.717) is 44.0 Å². The largest absolute Gasteiger partial charge is 0.493 e. The Labute approximate surface area is 154 Å². The third-order valence-electron chi connectivity index (χ3n) is 4.35. The molecule has 1 aromatic rings. The van der Waals surface area contributed by atoms with Gasteiger partial charge in [0.15, 0.2) is 11.5 Å². The molecule has 1 amide bonds. The van der Waals surface area contributed by atoms with Gasteiger partial charge in [-0.15, -0.1) is 0 Å². The fourth-order valence-electron chi connectivity index (χ4n) is 2.92. The third-order valence-corrected chi connectivity index (χ3v) is 6.21. The van der Waals surface area contributed by atoms with Crippen LogP contribution >= 0.6 is 0 Å². The van der Waals surface area contributed by atoms with Gasteiger partial charge in [-0.3, -0.25) is 4.79 Å². The summed E-state index contributed by atoms with van der Waals surface area (Å²) in [4.78, 5) is 12.4. The highest BCUT2D eigenvalue weighted by atomic mass is 32.2. The average molecular weight is 386 g/mol. The van der Waals surface area contributed by atoms with Crippen LogP contribution in [0.5, 0.6) is 11.5 Å². The number of hydrogen-bond donors (Lipinski definition) is 1. The Morgan fingerprint density at radius 1 is 1.23 bits per heavy atom. The molecule has 26 heavy (non-hydrogen) atoms. The van der Waals surface area contributed by atoms with Gasteiger partial charge < -0.3 is 19.5 Å². The highest BCUT2D eigenvalue weighted by Gasteiger charge is 2.33. The smallest absolute Gasteiger partial charge is 0.243 e. The minimum absolute atomic E-state index is 0.121. The maximum Gasteiger partial charge on any atom is 0.243 e. The number of methoxy groups -OCH3 is 3. The predicted octanol–water partition coefficient (Wildman–Crippen LogP) is 0.867. The van der Waals surface area contributed by atoms with E-state index in [-0.39, 0.29) is 23.3 Å². The molecule has 1 aliphatic heterocycles. The van der Waals surface area contributed by atoms with E-state index in [1.807, 2.05) is 0 Å². The molecule has 1 atom stereocenters. The van der Waals surface area contributed by atoms with Crippen LogP contribution in [0.2, 0.25) is 0 Å². The number of carbonyl (C=O) groups is 1. The summed E-state index contributed by atoms with van der Waals surface area (Å²) in [5.41, 5.74) is 0. The molecule has 0 unspecified atom stereocenters. The first kappa shape index (κ1) is 20.5. The molecular weight excluding hydrogens is 360 g/mol. The van der Waals surface area contributed by atoms with Gasteiger partial charge in [0.05, 0.1) is 31.6 Å². The summed E-state index contributed by atoms with van der Waals surface area (Å²) in [7, 11) is 0.785. The van der Waals surface area contributed by atoms with E-state index < -0.39 is 10.0 Å². The van der Waals surface area contributed by atoms with Crippen molar-refractivity contribution >= 4 is 15.9 Å². The van der Waals surface area contributed by atoms with Crippen molar-refractivity contribution in [2.24, 2.45) is 5.92 Å². The minimum atomic E-state index is -3.72. The molecule has 0 aliphatic carbocycles. The number of ether oxygens (including phenoxy) is 3. The van der Waals surface area contributed by atoms with Crippen molar-refractivity contribution in [2.75, 3.05) is 47.6 Å². The first-order valence-corrected chi connectivity index (χ1v) is 9.87. The molecule has 1 N–H and O–H groups in total. The molecule has 1 heterocycles. The van der Waals surface area contributed by atoms with Gasteiger partial charge in [-0.2, -0.15) is 4.31 Å². The Kier molecular flexibility index (Phi) is 7.24. The summed E-state index contributed by atoms with van der Waals surface area (Å²) in [5, 5.41) is 2.78. The average Bonchev–Trinajstić information content (AvgIpc) is 2.67. The van der Waals surface area contributed by atoms with Crippen LogP contribution in [0.25, 0.3) is 0 Å². The normalized spacial score (nSPS) is 18.3. The minimum Gasteiger partial charge on any atom is -0.493 e. The molecule has 0 spiro atoms. The molecule has 146 valence electrons. The van der Waals surface area contributed by atoms with Crippen molar-refractivity contribution in [2.45, 2.75) is 17.7 Å². The van der Waals surface area contributed by atoms with Gasteiger partial charge in [0.2, 0.25) is 15.9 Å². The lowest BCUT2D eigenvalue weighted by Gasteiger charge is -2.31. The molecule has 2 rings (SSSR count). The topological polar surface area (TPSA) is 94.2 Å². The summed E-state index contributed by atoms with van der Waals surface area (Å²) in [6.45, 7) is 1.38. The number of piperidine rings is 1. The summed E-state index contributed by atoms with van der Waals surface area (Å²) < 4.78 is 42.5. The van der Waals surface area contributed by atoms with Crippen LogP contribution in [-0.4, -0.2) is 66.2 Å². The lowest BCUT2D eigenvalue weighted by Crippen LogP contribution is -2.45. The van der Waals surface area contributed by atoms with E-state index >= 15 is 0 Å². The van der Waals surface area contributed by atoms with Crippen molar-refractivity contribution in [3.8, 4) is 11.5 Å². The Bertz CT molecular complexity index is 722. The van der Waals surface area contributed by atoms with Crippen LogP contribution in [0.3, 0.4) is 0 Å². The van der Waals surface area contributed by atoms with E-state index in [2.05, 4.69) is 5.32 Å². The van der Waals surface area contributed by atoms with Crippen molar-refractivity contribution in [3.05, 3.63) is 18.2 Å². The van der Waals surface area contributed by atoms with Crippen molar-refractivity contribution in [1.29, 1.82) is 0 Å². The monoisotopic (exact) mass is 386 g/mol. The Hall–Kier alpha value is -1.84. The summed E-state index contributed by atoms with van der Waals surface area (Å²) in [6, 6.07) is 4.49. The van der Waals surface area contributed by atoms with Crippen molar-refractivity contribution < 1.29 is 27.4 Å². The lowest BCUT2D eigenvalue weighted by atomic mass is 9.99. The zero-order valence-electron chi connectivity index (χ0n) is 15.4. The molecule has 0 aromatic heterocycles. The molecule has 0 radical (unpaired) electrons. The number of amides is 1. The second kappa shape index (κ2) is 9.20. The molecule has 0 bridgehead atoms. The summed E-state index contributed by atoms with van der Waals surface area (Å²) in [6.07, 6.45) is 1.30. The molecule has 1 saturated heterocycles. The number of nitrogens with zero attached hydrogens (tertiary/aromatic N) is 1. The van der Waals surface area contributed by atoms with Gasteiger partial charge in [0.25, 0.3) is 0 Å². The van der Waals surface area contributed by atoms with E-state index in [1.165, 1.54) is 30.7 Å². The van der Waals surface area contributed by atoms with Gasteiger partial charge in [0, 0.05) is 32.8 Å². The van der Waals surface area contributed by atoms with E-state index in [9.17, 15) is 13.2 Å². The van der Waals surface area contributed by atoms with Crippen LogP contribution in [0.15, 0.2) is 23.1 Å². The SMILES string of the molecule is COCCNC(=O)[C@H]1CCCN(S(=O)(=O)c2ccc(OC)c(OC)c2)C1. The van der Waals surface area contributed by atoms with Gasteiger partial charge in [-0.1, -0.05) is 0 Å². The predicted molar refractivity (Wildman–Crippen MR) is 95.9 cm³/mol. The molecule has 8 nitrogen and oxygen atoms in total. The van der Waals surface area contributed by atoms with Crippen LogP contribution in [0, 0.1) is 5.92 Å². The van der Waals surface area contributed by atoms with Crippen molar-refractivity contribution in [3.63, 3.8) is 0 Å². The zero-order valence-corrected chi connectivity index (χ0v) is 16.2. The molecule has 9 heteroatoms. The lowest BCUT2D eigenvalue weighted by molar-refractivity contribution is -0.126. The van der Waals surface area contributed by atoms with Crippen LogP contribution < -0.4 is 14.8 Å². The zero-order chi connectivity index (χ0) is 19.2. The highest BCUT2D eigenvalue weighted by Crippen LogP contribution is 2.32. The van der Waals surface area contributed by atoms with E-state index in [0.717, 1.165) is 0 Å². The van der Waals surface area contributed by atoms with Gasteiger partial charge in [0.1, 0.15) is 0 Å². The van der Waals surface area contributed by atoms with Crippen LogP contribution in [0.4, 0.5) is 0 Å². The molecule has 0 saturated carbocycles. The second-order valence-electron chi connectivity index (χ2n) is 6.00. The summed E-state index contributed by atoms with van der Waals surface area (Å²) in [5.74, 6) is 0.296. The van der Waals surface area contributed by atoms with Gasteiger partial charge in [-0.25, -0.2) is 8.42 Å². The molecule has 1 fully saturated rings. The number of rotatable bonds is 8. The maximum atomic E-state index is 13.0. The van der Waals surface area contributed by atoms with Gasteiger partial charge >= 0.3 is 0 Å². The fraction of sp³-hybridized carbons (Fsp3) is 0.588. The highest BCUT2D eigenvalue weighted by molar-refractivity contribution is 7.89. The Balaban J connectivity index is 2.14. The quantitative estimate of drug-likeness (QED) is 0.666. The van der Waals surface area contributed by atoms with Crippen LogP contribution in [0.1, 0.15) is 12.8 Å². The maximum absolute atomic E-state index is 13.0. The standard InChI is InChI=1S/C17H26N2O6S/c1-23-10-8-18-17(20)13-5-4-9-19(12-13)26(21,22)14-6-7-15(24-2)16(11-14)25-3/h6-7,11,13H,4-5,8-10,12H2,1-3H3,(H,18,20)/t13-/m0/s1. The first-order valence-electron chi connectivity index (χ1n) is 8.43. The fourth-order valence-corrected chi connectivity index (χ4v) is 4.46. The number of sulfonamides is 1. The number of hydrogen-bond acceptors (Lipinski definition) is 6. The first-order chi connectivity index (χ1) is 12.4. The third kappa shape index (κ3) is 4.66. The Morgan fingerprint density at radius 3 is 2.62 bits per heavy atom. The molecular formula is C17H26N2O6S. The number of benzene rings is 1. The number of nitrogens with one attached hydrogen (secondary N) is 1. The molecule has 1 aromatic carbocycles. The van der Waals surface area contributed by atoms with Crippen molar-refractivity contribution in [1.82, 2.24) is 9.62 Å². The van der Waals surface area contributed by atoms with E-state index in [4.69, 9.17) is 14.2 Å². The second-order valence-corrected chi connectivity index (χ2v) is 7.94. The van der Waals surface area contributed by atoms with Gasteiger partial charge in [-0.05, 0) is 25.0 Å². The number of carbonyl (C=O) groups excluding carboxylic acids is 1. The Morgan fingerprint density at radius 2 is 1.96 bits per heavy atom. The van der Waals surface area contributed by atoms with E-state index in [1.54, 1.807) is 13.2 Å².